The Morgan fingerprint density at radius 1 is 1.14 bits per heavy atom. The molecule has 154 valence electrons. The topological polar surface area (TPSA) is 75.6 Å². The molecule has 1 fully saturated rings. The number of carboxylic acid groups (broad SMARTS) is 1. The van der Waals surface area contributed by atoms with Crippen LogP contribution in [0.2, 0.25) is 0 Å². The summed E-state index contributed by atoms with van der Waals surface area (Å²) in [5.41, 5.74) is -0.933. The van der Waals surface area contributed by atoms with Gasteiger partial charge in [-0.2, -0.15) is 0 Å². The molecule has 1 unspecified atom stereocenters. The molecule has 3 rings (SSSR count). The molecule has 5 nitrogen and oxygen atoms in total. The van der Waals surface area contributed by atoms with Crippen LogP contribution < -0.4 is 5.32 Å². The molecular weight excluding hydrogens is 373 g/mol. The van der Waals surface area contributed by atoms with Crippen LogP contribution in [0.4, 0.5) is 4.39 Å². The first-order valence-corrected chi connectivity index (χ1v) is 9.86. The molecule has 1 saturated heterocycles. The number of carbonyl (C=O) groups is 2. The van der Waals surface area contributed by atoms with Gasteiger partial charge in [-0.15, -0.1) is 0 Å². The fourth-order valence-corrected chi connectivity index (χ4v) is 4.09. The molecular formula is C23H26FNO4. The number of nitrogens with one attached hydrogen (secondary N) is 1. The minimum Gasteiger partial charge on any atom is -0.481 e. The van der Waals surface area contributed by atoms with Crippen molar-refractivity contribution in [2.75, 3.05) is 19.8 Å². The highest BCUT2D eigenvalue weighted by Gasteiger charge is 2.44. The number of hydrogen-bond donors (Lipinski definition) is 2. The highest BCUT2D eigenvalue weighted by molar-refractivity contribution is 5.90. The summed E-state index contributed by atoms with van der Waals surface area (Å²) in [6.07, 6.45) is 1.16. The zero-order valence-electron chi connectivity index (χ0n) is 16.5. The van der Waals surface area contributed by atoms with Gasteiger partial charge in [-0.25, -0.2) is 4.39 Å². The Balaban J connectivity index is 1.90. The molecule has 29 heavy (non-hydrogen) atoms. The third kappa shape index (κ3) is 4.03. The Morgan fingerprint density at radius 3 is 2.41 bits per heavy atom. The van der Waals surface area contributed by atoms with Gasteiger partial charge in [-0.05, 0) is 42.5 Å². The van der Waals surface area contributed by atoms with Gasteiger partial charge in [0.25, 0.3) is 0 Å². The molecule has 0 spiro atoms. The van der Waals surface area contributed by atoms with Crippen LogP contribution in [0.25, 0.3) is 0 Å². The third-order valence-corrected chi connectivity index (χ3v) is 6.05. The predicted molar refractivity (Wildman–Crippen MR) is 107 cm³/mol. The first-order valence-electron chi connectivity index (χ1n) is 9.86. The van der Waals surface area contributed by atoms with Crippen molar-refractivity contribution >= 4 is 11.9 Å². The van der Waals surface area contributed by atoms with Crippen LogP contribution in [0.5, 0.6) is 0 Å². The average molecular weight is 399 g/mol. The Morgan fingerprint density at radius 2 is 1.83 bits per heavy atom. The first kappa shape index (κ1) is 21.0. The molecule has 1 amide bonds. The Kier molecular flexibility index (Phi) is 6.33. The maximum absolute atomic E-state index is 13.9. The van der Waals surface area contributed by atoms with E-state index in [9.17, 15) is 19.1 Å². The van der Waals surface area contributed by atoms with E-state index in [1.807, 2.05) is 6.07 Å². The van der Waals surface area contributed by atoms with Gasteiger partial charge in [0.15, 0.2) is 0 Å². The Hall–Kier alpha value is -2.73. The van der Waals surface area contributed by atoms with Gasteiger partial charge in [0.2, 0.25) is 5.91 Å². The summed E-state index contributed by atoms with van der Waals surface area (Å²) in [4.78, 5) is 25.6. The molecule has 1 atom stereocenters. The van der Waals surface area contributed by atoms with Gasteiger partial charge < -0.3 is 15.2 Å². The third-order valence-electron chi connectivity index (χ3n) is 6.05. The zero-order chi connectivity index (χ0) is 20.9. The van der Waals surface area contributed by atoms with E-state index in [2.05, 4.69) is 5.32 Å². The Bertz CT molecular complexity index is 864. The van der Waals surface area contributed by atoms with E-state index in [0.717, 1.165) is 0 Å². The number of ether oxygens (including phenoxy) is 1. The number of halogens is 1. The van der Waals surface area contributed by atoms with Crippen molar-refractivity contribution < 1.29 is 23.8 Å². The molecule has 2 aromatic rings. The van der Waals surface area contributed by atoms with E-state index in [1.165, 1.54) is 12.1 Å². The van der Waals surface area contributed by atoms with E-state index in [-0.39, 0.29) is 12.5 Å². The maximum atomic E-state index is 13.9. The number of benzene rings is 2. The summed E-state index contributed by atoms with van der Waals surface area (Å²) in [6.45, 7) is 2.53. The standard InChI is InChI=1S/C23H26FNO4/c1-2-22(21(27)28,17-7-4-3-5-8-17)16-25-20(26)23(11-13-29-14-12-23)18-9-6-10-19(24)15-18/h3-10,15H,2,11-14,16H2,1H3,(H,25,26)(H,27,28). The van der Waals surface area contributed by atoms with Crippen LogP contribution in [0.1, 0.15) is 37.3 Å². The van der Waals surface area contributed by atoms with Gasteiger partial charge in [0.1, 0.15) is 11.2 Å². The number of carboxylic acids is 1. The molecule has 0 saturated carbocycles. The summed E-state index contributed by atoms with van der Waals surface area (Å²) in [7, 11) is 0. The van der Waals surface area contributed by atoms with Crippen molar-refractivity contribution in [3.8, 4) is 0 Å². The fraction of sp³-hybridized carbons (Fsp3) is 0.391. The normalized spacial score (nSPS) is 17.9. The van der Waals surface area contributed by atoms with E-state index >= 15 is 0 Å². The van der Waals surface area contributed by atoms with Gasteiger partial charge in [0, 0.05) is 19.8 Å². The van der Waals surface area contributed by atoms with Crippen LogP contribution in [0.15, 0.2) is 54.6 Å². The lowest BCUT2D eigenvalue weighted by Gasteiger charge is -2.38. The van der Waals surface area contributed by atoms with Crippen molar-refractivity contribution in [3.05, 3.63) is 71.5 Å². The number of amides is 1. The van der Waals surface area contributed by atoms with Gasteiger partial charge in [-0.1, -0.05) is 49.4 Å². The average Bonchev–Trinajstić information content (AvgIpc) is 2.75. The van der Waals surface area contributed by atoms with Crippen LogP contribution in [0, 0.1) is 5.82 Å². The highest BCUT2D eigenvalue weighted by atomic mass is 19.1. The molecule has 2 aromatic carbocycles. The van der Waals surface area contributed by atoms with Crippen LogP contribution in [-0.2, 0) is 25.2 Å². The maximum Gasteiger partial charge on any atom is 0.315 e. The minimum atomic E-state index is -1.23. The molecule has 0 aromatic heterocycles. The minimum absolute atomic E-state index is 0.0421. The van der Waals surface area contributed by atoms with Crippen molar-refractivity contribution in [2.24, 2.45) is 0 Å². The van der Waals surface area contributed by atoms with Crippen LogP contribution in [-0.4, -0.2) is 36.7 Å². The number of aliphatic carboxylic acids is 1. The lowest BCUT2D eigenvalue weighted by Crippen LogP contribution is -2.53. The Labute approximate surface area is 169 Å². The molecule has 0 bridgehead atoms. The number of rotatable bonds is 7. The van der Waals surface area contributed by atoms with E-state index in [0.29, 0.717) is 43.6 Å². The molecule has 1 aliphatic heterocycles. The smallest absolute Gasteiger partial charge is 0.315 e. The summed E-state index contributed by atoms with van der Waals surface area (Å²) >= 11 is 0. The largest absolute Gasteiger partial charge is 0.481 e. The summed E-state index contributed by atoms with van der Waals surface area (Å²) in [5, 5.41) is 12.9. The van der Waals surface area contributed by atoms with E-state index < -0.39 is 22.6 Å². The fourth-order valence-electron chi connectivity index (χ4n) is 4.09. The van der Waals surface area contributed by atoms with Crippen molar-refractivity contribution in [1.29, 1.82) is 0 Å². The van der Waals surface area contributed by atoms with Gasteiger partial charge in [-0.3, -0.25) is 9.59 Å². The van der Waals surface area contributed by atoms with Gasteiger partial charge >= 0.3 is 5.97 Å². The van der Waals surface area contributed by atoms with E-state index in [1.54, 1.807) is 43.3 Å². The SMILES string of the molecule is CCC(CNC(=O)C1(c2cccc(F)c2)CCOCC1)(C(=O)O)c1ccccc1. The molecule has 6 heteroatoms. The summed E-state index contributed by atoms with van der Waals surface area (Å²) in [5.74, 6) is -1.68. The van der Waals surface area contributed by atoms with E-state index in [4.69, 9.17) is 4.74 Å². The van der Waals surface area contributed by atoms with Crippen LogP contribution in [0.3, 0.4) is 0 Å². The monoisotopic (exact) mass is 399 g/mol. The lowest BCUT2D eigenvalue weighted by molar-refractivity contribution is -0.144. The summed E-state index contributed by atoms with van der Waals surface area (Å²) < 4.78 is 19.3. The summed E-state index contributed by atoms with van der Waals surface area (Å²) in [6, 6.07) is 15.0. The second-order valence-corrected chi connectivity index (χ2v) is 7.49. The second-order valence-electron chi connectivity index (χ2n) is 7.49. The highest BCUT2D eigenvalue weighted by Crippen LogP contribution is 2.36. The quantitative estimate of drug-likeness (QED) is 0.748. The van der Waals surface area contributed by atoms with Crippen molar-refractivity contribution in [2.45, 2.75) is 37.0 Å². The van der Waals surface area contributed by atoms with Gasteiger partial charge in [0.05, 0.1) is 5.41 Å². The molecule has 0 radical (unpaired) electrons. The zero-order valence-corrected chi connectivity index (χ0v) is 16.5. The number of carbonyl (C=O) groups excluding carboxylic acids is 1. The molecule has 1 heterocycles. The van der Waals surface area contributed by atoms with Crippen molar-refractivity contribution in [3.63, 3.8) is 0 Å². The van der Waals surface area contributed by atoms with Crippen molar-refractivity contribution in [1.82, 2.24) is 5.32 Å². The molecule has 2 N–H and O–H groups in total. The number of hydrogen-bond acceptors (Lipinski definition) is 3. The molecule has 1 aliphatic rings. The first-order chi connectivity index (χ1) is 13.9. The predicted octanol–water partition coefficient (Wildman–Crippen LogP) is 3.42. The second kappa shape index (κ2) is 8.74. The molecule has 0 aliphatic carbocycles. The van der Waals surface area contributed by atoms with Crippen LogP contribution >= 0.6 is 0 Å². The lowest BCUT2D eigenvalue weighted by atomic mass is 9.72.